The zero-order chi connectivity index (χ0) is 19.1. The van der Waals surface area contributed by atoms with E-state index in [9.17, 15) is 14.4 Å². The van der Waals surface area contributed by atoms with Crippen LogP contribution >= 0.6 is 0 Å². The molecule has 0 aromatic heterocycles. The van der Waals surface area contributed by atoms with Gasteiger partial charge >= 0.3 is 17.9 Å². The van der Waals surface area contributed by atoms with Gasteiger partial charge in [-0.1, -0.05) is 45.9 Å². The number of carbonyl (C=O) groups is 3. The van der Waals surface area contributed by atoms with E-state index in [-0.39, 0.29) is 13.2 Å². The van der Waals surface area contributed by atoms with Gasteiger partial charge in [0, 0.05) is 23.6 Å². The predicted octanol–water partition coefficient (Wildman–Crippen LogP) is 3.13. The van der Waals surface area contributed by atoms with Gasteiger partial charge < -0.3 is 14.2 Å². The first-order chi connectivity index (χ1) is 11.9. The summed E-state index contributed by atoms with van der Waals surface area (Å²) in [4.78, 5) is 33.4. The maximum atomic E-state index is 11.3. The Kier molecular flexibility index (Phi) is 11.8. The summed E-state index contributed by atoms with van der Waals surface area (Å²) in [6.45, 7) is 12.6. The van der Waals surface area contributed by atoms with Crippen molar-refractivity contribution in [3.8, 4) is 0 Å². The van der Waals surface area contributed by atoms with Gasteiger partial charge in [0.25, 0.3) is 0 Å². The van der Waals surface area contributed by atoms with Gasteiger partial charge in [-0.05, 0) is 12.8 Å². The number of hydrogen-bond donors (Lipinski definition) is 0. The summed E-state index contributed by atoms with van der Waals surface area (Å²) >= 11 is 0. The van der Waals surface area contributed by atoms with Gasteiger partial charge in [0.05, 0.1) is 6.61 Å². The molecule has 140 valence electrons. The maximum absolute atomic E-state index is 11.3. The Morgan fingerprint density at radius 2 is 1.20 bits per heavy atom. The van der Waals surface area contributed by atoms with Gasteiger partial charge in [-0.25, -0.2) is 14.4 Å². The Morgan fingerprint density at radius 3 is 1.68 bits per heavy atom. The van der Waals surface area contributed by atoms with E-state index in [2.05, 4.69) is 19.7 Å². The topological polar surface area (TPSA) is 78.9 Å². The van der Waals surface area contributed by atoms with Crippen molar-refractivity contribution in [2.24, 2.45) is 5.41 Å². The third-order valence-corrected chi connectivity index (χ3v) is 3.54. The Bertz CT molecular complexity index is 456. The highest BCUT2D eigenvalue weighted by atomic mass is 16.5. The molecule has 0 amide bonds. The van der Waals surface area contributed by atoms with Crippen LogP contribution in [0.25, 0.3) is 0 Å². The van der Waals surface area contributed by atoms with Crippen LogP contribution in [-0.2, 0) is 28.6 Å². The van der Waals surface area contributed by atoms with Crippen LogP contribution in [0.1, 0.15) is 39.0 Å². The molecule has 0 aromatic rings. The van der Waals surface area contributed by atoms with Gasteiger partial charge in [0.2, 0.25) is 0 Å². The normalized spacial score (nSPS) is 10.4. The molecular formula is C19H28O6. The molecule has 0 saturated heterocycles. The molecule has 0 aliphatic carbocycles. The van der Waals surface area contributed by atoms with Gasteiger partial charge in [-0.2, -0.15) is 0 Å². The van der Waals surface area contributed by atoms with E-state index >= 15 is 0 Å². The molecule has 0 unspecified atom stereocenters. The lowest BCUT2D eigenvalue weighted by atomic mass is 9.86. The fourth-order valence-electron chi connectivity index (χ4n) is 2.03. The molecule has 0 rings (SSSR count). The molecule has 0 fully saturated rings. The number of rotatable bonds is 14. The van der Waals surface area contributed by atoms with Crippen LogP contribution in [0.4, 0.5) is 0 Å². The monoisotopic (exact) mass is 352 g/mol. The van der Waals surface area contributed by atoms with Crippen LogP contribution in [0, 0.1) is 5.41 Å². The molecule has 0 heterocycles. The zero-order valence-electron chi connectivity index (χ0n) is 15.0. The second kappa shape index (κ2) is 13.0. The second-order valence-electron chi connectivity index (χ2n) is 5.97. The van der Waals surface area contributed by atoms with Gasteiger partial charge in [-0.15, -0.1) is 0 Å². The van der Waals surface area contributed by atoms with E-state index in [1.807, 2.05) is 6.92 Å². The standard InChI is InChI=1S/C19H28O6/c1-5-16(20)23-13-11-9-8-10-12-19(4,14-24-17(21)6-2)15-25-18(22)7-3/h5-7H,1-3,8-15H2,4H3. The molecule has 6 nitrogen and oxygen atoms in total. The van der Waals surface area contributed by atoms with Crippen molar-refractivity contribution in [2.45, 2.75) is 39.0 Å². The van der Waals surface area contributed by atoms with E-state index in [0.29, 0.717) is 13.0 Å². The van der Waals surface area contributed by atoms with E-state index in [1.165, 1.54) is 0 Å². The minimum atomic E-state index is -0.509. The van der Waals surface area contributed by atoms with Crippen molar-refractivity contribution in [1.82, 2.24) is 0 Å². The van der Waals surface area contributed by atoms with Crippen LogP contribution in [0.2, 0.25) is 0 Å². The molecule has 0 N–H and O–H groups in total. The highest BCUT2D eigenvalue weighted by molar-refractivity contribution is 5.81. The quantitative estimate of drug-likeness (QED) is 0.207. The fraction of sp³-hybridized carbons (Fsp3) is 0.526. The van der Waals surface area contributed by atoms with Crippen molar-refractivity contribution in [2.75, 3.05) is 19.8 Å². The van der Waals surface area contributed by atoms with Crippen molar-refractivity contribution >= 4 is 17.9 Å². The lowest BCUT2D eigenvalue weighted by molar-refractivity contribution is -0.147. The number of hydrogen-bond acceptors (Lipinski definition) is 6. The molecule has 0 radical (unpaired) electrons. The molecule has 0 atom stereocenters. The lowest BCUT2D eigenvalue weighted by Gasteiger charge is -2.28. The van der Waals surface area contributed by atoms with E-state index in [0.717, 1.165) is 43.9 Å². The summed E-state index contributed by atoms with van der Waals surface area (Å²) in [6.07, 6.45) is 7.51. The summed E-state index contributed by atoms with van der Waals surface area (Å²) in [7, 11) is 0. The number of ether oxygens (including phenoxy) is 3. The van der Waals surface area contributed by atoms with Gasteiger partial charge in [0.1, 0.15) is 13.2 Å². The summed E-state index contributed by atoms with van der Waals surface area (Å²) in [5.41, 5.74) is -0.480. The van der Waals surface area contributed by atoms with Crippen LogP contribution in [-0.4, -0.2) is 37.7 Å². The first-order valence-corrected chi connectivity index (χ1v) is 8.24. The number of esters is 3. The minimum Gasteiger partial charge on any atom is -0.463 e. The molecule has 0 saturated carbocycles. The Labute approximate surface area is 149 Å². The summed E-state index contributed by atoms with van der Waals surface area (Å²) in [5.74, 6) is -1.43. The van der Waals surface area contributed by atoms with Crippen molar-refractivity contribution < 1.29 is 28.6 Å². The van der Waals surface area contributed by atoms with Gasteiger partial charge in [-0.3, -0.25) is 0 Å². The zero-order valence-corrected chi connectivity index (χ0v) is 15.0. The van der Waals surface area contributed by atoms with Gasteiger partial charge in [0.15, 0.2) is 0 Å². The van der Waals surface area contributed by atoms with Crippen molar-refractivity contribution in [1.29, 1.82) is 0 Å². The van der Waals surface area contributed by atoms with E-state index in [1.54, 1.807) is 0 Å². The molecule has 0 aliphatic rings. The first kappa shape index (κ1) is 22.6. The average molecular weight is 352 g/mol. The smallest absolute Gasteiger partial charge is 0.330 e. The molecule has 0 bridgehead atoms. The minimum absolute atomic E-state index is 0.138. The molecule has 25 heavy (non-hydrogen) atoms. The Balaban J connectivity index is 4.23. The van der Waals surface area contributed by atoms with Crippen LogP contribution in [0.15, 0.2) is 38.0 Å². The SMILES string of the molecule is C=CC(=O)OCCCCCCC(C)(COC(=O)C=C)COC(=O)C=C. The largest absolute Gasteiger partial charge is 0.463 e. The van der Waals surface area contributed by atoms with Crippen LogP contribution in [0.5, 0.6) is 0 Å². The first-order valence-electron chi connectivity index (χ1n) is 8.24. The van der Waals surface area contributed by atoms with E-state index < -0.39 is 23.3 Å². The van der Waals surface area contributed by atoms with Crippen LogP contribution in [0.3, 0.4) is 0 Å². The third kappa shape index (κ3) is 11.8. The average Bonchev–Trinajstić information content (AvgIpc) is 2.63. The highest BCUT2D eigenvalue weighted by Crippen LogP contribution is 2.26. The van der Waals surface area contributed by atoms with Crippen molar-refractivity contribution in [3.05, 3.63) is 38.0 Å². The number of unbranched alkanes of at least 4 members (excludes halogenated alkanes) is 3. The second-order valence-corrected chi connectivity index (χ2v) is 5.97. The molecule has 0 aromatic carbocycles. The Hall–Kier alpha value is -2.37. The summed E-state index contributed by atoms with van der Waals surface area (Å²) in [5, 5.41) is 0. The summed E-state index contributed by atoms with van der Waals surface area (Å²) < 4.78 is 15.1. The molecule has 0 aliphatic heterocycles. The maximum Gasteiger partial charge on any atom is 0.330 e. The molecule has 0 spiro atoms. The highest BCUT2D eigenvalue weighted by Gasteiger charge is 2.27. The van der Waals surface area contributed by atoms with Crippen molar-refractivity contribution in [3.63, 3.8) is 0 Å². The molecule has 6 heteroatoms. The fourth-order valence-corrected chi connectivity index (χ4v) is 2.03. The van der Waals surface area contributed by atoms with Crippen LogP contribution < -0.4 is 0 Å². The lowest BCUT2D eigenvalue weighted by Crippen LogP contribution is -2.31. The number of carbonyl (C=O) groups excluding carboxylic acids is 3. The third-order valence-electron chi connectivity index (χ3n) is 3.54. The molecular weight excluding hydrogens is 324 g/mol. The predicted molar refractivity (Wildman–Crippen MR) is 94.7 cm³/mol. The summed E-state index contributed by atoms with van der Waals surface area (Å²) in [6, 6.07) is 0. The van der Waals surface area contributed by atoms with E-state index in [4.69, 9.17) is 14.2 Å². The Morgan fingerprint density at radius 1 is 0.760 bits per heavy atom.